The lowest BCUT2D eigenvalue weighted by molar-refractivity contribution is -0.387. The van der Waals surface area contributed by atoms with Crippen molar-refractivity contribution in [3.63, 3.8) is 0 Å². The first kappa shape index (κ1) is 18.3. The van der Waals surface area contributed by atoms with Crippen LogP contribution in [0.1, 0.15) is 10.6 Å². The summed E-state index contributed by atoms with van der Waals surface area (Å²) >= 11 is 1.44. The Morgan fingerprint density at radius 2 is 1.88 bits per heavy atom. The SMILES string of the molecule is Cn1cccc1CN(Cc1cccs1)S(=O)(=O)c1ccccc1[N+](=O)[O-]. The molecule has 0 aliphatic rings. The molecule has 0 spiro atoms. The van der Waals surface area contributed by atoms with Gasteiger partial charge in [-0.3, -0.25) is 10.1 Å². The molecule has 9 heteroatoms. The lowest BCUT2D eigenvalue weighted by Gasteiger charge is -2.22. The Kier molecular flexibility index (Phi) is 5.21. The number of hydrogen-bond donors (Lipinski definition) is 0. The summed E-state index contributed by atoms with van der Waals surface area (Å²) in [4.78, 5) is 11.2. The first-order chi connectivity index (χ1) is 12.4. The summed E-state index contributed by atoms with van der Waals surface area (Å²) in [5.74, 6) is 0. The molecule has 0 radical (unpaired) electrons. The van der Waals surface area contributed by atoms with E-state index in [-0.39, 0.29) is 18.0 Å². The molecule has 0 saturated carbocycles. The van der Waals surface area contributed by atoms with Gasteiger partial charge >= 0.3 is 0 Å². The standard InChI is InChI=1S/C17H17N3O4S2/c1-18-10-4-6-14(18)12-19(13-15-7-5-11-25-15)26(23,24)17-9-3-2-8-16(17)20(21)22/h2-11H,12-13H2,1H3. The Balaban J connectivity index is 2.05. The Morgan fingerprint density at radius 3 is 2.50 bits per heavy atom. The molecule has 26 heavy (non-hydrogen) atoms. The Morgan fingerprint density at radius 1 is 1.12 bits per heavy atom. The highest BCUT2D eigenvalue weighted by atomic mass is 32.2. The quantitative estimate of drug-likeness (QED) is 0.456. The van der Waals surface area contributed by atoms with E-state index in [1.165, 1.54) is 39.9 Å². The van der Waals surface area contributed by atoms with E-state index in [2.05, 4.69) is 0 Å². The molecule has 0 atom stereocenters. The zero-order valence-electron chi connectivity index (χ0n) is 14.0. The molecule has 0 N–H and O–H groups in total. The van der Waals surface area contributed by atoms with Crippen molar-refractivity contribution in [1.82, 2.24) is 8.87 Å². The van der Waals surface area contributed by atoms with Gasteiger partial charge in [-0.25, -0.2) is 8.42 Å². The van der Waals surface area contributed by atoms with Gasteiger partial charge in [-0.2, -0.15) is 4.31 Å². The van der Waals surface area contributed by atoms with Crippen molar-refractivity contribution < 1.29 is 13.3 Å². The van der Waals surface area contributed by atoms with Crippen molar-refractivity contribution >= 4 is 27.0 Å². The number of benzene rings is 1. The predicted molar refractivity (Wildman–Crippen MR) is 99.3 cm³/mol. The molecule has 7 nitrogen and oxygen atoms in total. The first-order valence-electron chi connectivity index (χ1n) is 7.76. The zero-order valence-corrected chi connectivity index (χ0v) is 15.6. The van der Waals surface area contributed by atoms with Gasteiger partial charge in [-0.15, -0.1) is 11.3 Å². The zero-order chi connectivity index (χ0) is 18.7. The highest BCUT2D eigenvalue weighted by Crippen LogP contribution is 2.29. The maximum Gasteiger partial charge on any atom is 0.289 e. The van der Waals surface area contributed by atoms with Crippen LogP contribution < -0.4 is 0 Å². The van der Waals surface area contributed by atoms with Crippen LogP contribution in [-0.4, -0.2) is 22.2 Å². The number of thiophene rings is 1. The molecule has 136 valence electrons. The highest BCUT2D eigenvalue weighted by molar-refractivity contribution is 7.89. The second kappa shape index (κ2) is 7.40. The lowest BCUT2D eigenvalue weighted by Crippen LogP contribution is -2.31. The molecule has 2 heterocycles. The van der Waals surface area contributed by atoms with Crippen LogP contribution in [0.15, 0.2) is 65.0 Å². The van der Waals surface area contributed by atoms with Crippen LogP contribution in [0.3, 0.4) is 0 Å². The summed E-state index contributed by atoms with van der Waals surface area (Å²) in [6.07, 6.45) is 1.83. The molecular weight excluding hydrogens is 374 g/mol. The highest BCUT2D eigenvalue weighted by Gasteiger charge is 2.32. The van der Waals surface area contributed by atoms with Gasteiger partial charge in [0, 0.05) is 36.4 Å². The molecule has 1 aromatic carbocycles. The van der Waals surface area contributed by atoms with Crippen LogP contribution in [-0.2, 0) is 30.2 Å². The van der Waals surface area contributed by atoms with Crippen molar-refractivity contribution in [2.24, 2.45) is 7.05 Å². The predicted octanol–water partition coefficient (Wildman–Crippen LogP) is 3.39. The average Bonchev–Trinajstić information content (AvgIpc) is 3.26. The summed E-state index contributed by atoms with van der Waals surface area (Å²) in [5, 5.41) is 13.2. The molecule has 3 rings (SSSR count). The fourth-order valence-corrected chi connectivity index (χ4v) is 4.96. The monoisotopic (exact) mass is 391 g/mol. The fourth-order valence-electron chi connectivity index (χ4n) is 2.61. The summed E-state index contributed by atoms with van der Waals surface area (Å²) in [7, 11) is -2.23. The molecular formula is C17H17N3O4S2. The maximum atomic E-state index is 13.2. The number of hydrogen-bond acceptors (Lipinski definition) is 5. The second-order valence-corrected chi connectivity index (χ2v) is 8.63. The van der Waals surface area contributed by atoms with Crippen molar-refractivity contribution in [1.29, 1.82) is 0 Å². The normalized spacial score (nSPS) is 11.8. The van der Waals surface area contributed by atoms with E-state index < -0.39 is 20.6 Å². The third-order valence-corrected chi connectivity index (χ3v) is 6.68. The molecule has 0 unspecified atom stereocenters. The van der Waals surface area contributed by atoms with Crippen molar-refractivity contribution in [3.8, 4) is 0 Å². The number of sulfonamides is 1. The summed E-state index contributed by atoms with van der Waals surface area (Å²) in [5.41, 5.74) is 0.374. The van der Waals surface area contributed by atoms with Gasteiger partial charge in [0.1, 0.15) is 0 Å². The van der Waals surface area contributed by atoms with Gasteiger partial charge < -0.3 is 4.57 Å². The molecule has 0 amide bonds. The van der Waals surface area contributed by atoms with E-state index in [0.717, 1.165) is 10.6 Å². The number of nitro groups is 1. The van der Waals surface area contributed by atoms with Crippen LogP contribution in [0.25, 0.3) is 0 Å². The molecule has 0 saturated heterocycles. The number of para-hydroxylation sites is 1. The number of aromatic nitrogens is 1. The fraction of sp³-hybridized carbons (Fsp3) is 0.176. The number of nitrogens with zero attached hydrogens (tertiary/aromatic N) is 3. The van der Waals surface area contributed by atoms with Crippen LogP contribution in [0.5, 0.6) is 0 Å². The number of aryl methyl sites for hydroxylation is 1. The minimum Gasteiger partial charge on any atom is -0.353 e. The minimum absolute atomic E-state index is 0.121. The van der Waals surface area contributed by atoms with E-state index in [0.29, 0.717) is 0 Å². The number of nitro benzene ring substituents is 1. The van der Waals surface area contributed by atoms with Crippen molar-refractivity contribution in [3.05, 3.63) is 80.8 Å². The van der Waals surface area contributed by atoms with Gasteiger partial charge in [-0.1, -0.05) is 18.2 Å². The maximum absolute atomic E-state index is 13.2. The van der Waals surface area contributed by atoms with Gasteiger partial charge in [0.25, 0.3) is 15.7 Å². The molecule has 0 bridgehead atoms. The lowest BCUT2D eigenvalue weighted by atomic mass is 10.3. The van der Waals surface area contributed by atoms with Crippen molar-refractivity contribution in [2.75, 3.05) is 0 Å². The second-order valence-electron chi connectivity index (χ2n) is 5.69. The van der Waals surface area contributed by atoms with Crippen LogP contribution in [0.2, 0.25) is 0 Å². The van der Waals surface area contributed by atoms with E-state index in [9.17, 15) is 18.5 Å². The molecule has 2 aromatic heterocycles. The van der Waals surface area contributed by atoms with Gasteiger partial charge in [0.2, 0.25) is 0 Å². The van der Waals surface area contributed by atoms with Gasteiger partial charge in [0.15, 0.2) is 4.90 Å². The summed E-state index contributed by atoms with van der Waals surface area (Å²) in [6.45, 7) is 0.271. The van der Waals surface area contributed by atoms with Crippen molar-refractivity contribution in [2.45, 2.75) is 18.0 Å². The Hall–Kier alpha value is -2.49. The smallest absolute Gasteiger partial charge is 0.289 e. The van der Waals surface area contributed by atoms with E-state index in [1.54, 1.807) is 0 Å². The first-order valence-corrected chi connectivity index (χ1v) is 10.1. The minimum atomic E-state index is -4.06. The third kappa shape index (κ3) is 3.69. The molecule has 0 aliphatic carbocycles. The van der Waals surface area contributed by atoms with E-state index in [1.807, 2.05) is 47.5 Å². The Bertz CT molecular complexity index is 1010. The average molecular weight is 391 g/mol. The number of rotatable bonds is 7. The van der Waals surface area contributed by atoms with Crippen LogP contribution in [0.4, 0.5) is 5.69 Å². The molecule has 0 aliphatic heterocycles. The van der Waals surface area contributed by atoms with Crippen LogP contribution >= 0.6 is 11.3 Å². The third-order valence-electron chi connectivity index (χ3n) is 3.98. The van der Waals surface area contributed by atoms with E-state index >= 15 is 0 Å². The van der Waals surface area contributed by atoms with Crippen LogP contribution in [0, 0.1) is 10.1 Å². The van der Waals surface area contributed by atoms with Gasteiger partial charge in [0.05, 0.1) is 11.5 Å². The Labute approximate surface area is 155 Å². The van der Waals surface area contributed by atoms with E-state index in [4.69, 9.17) is 0 Å². The topological polar surface area (TPSA) is 85.5 Å². The summed E-state index contributed by atoms with van der Waals surface area (Å²) in [6, 6.07) is 12.8. The molecule has 0 fully saturated rings. The van der Waals surface area contributed by atoms with Gasteiger partial charge in [-0.05, 0) is 29.6 Å². The summed E-state index contributed by atoms with van der Waals surface area (Å²) < 4.78 is 29.6. The molecule has 3 aromatic rings. The largest absolute Gasteiger partial charge is 0.353 e.